The molecule has 0 saturated carbocycles. The number of aryl methyl sites for hydroxylation is 1. The minimum atomic E-state index is 0.741. The zero-order valence-electron chi connectivity index (χ0n) is 11.8. The monoisotopic (exact) mass is 300 g/mol. The Hall–Kier alpha value is -0.340. The summed E-state index contributed by atoms with van der Waals surface area (Å²) in [5.41, 5.74) is 1.15. The Morgan fingerprint density at radius 3 is 2.32 bits per heavy atom. The van der Waals surface area contributed by atoms with Crippen molar-refractivity contribution in [3.8, 4) is 5.75 Å². The molecule has 1 aromatic carbocycles. The average molecular weight is 301 g/mol. The normalized spacial score (nSPS) is 10.7. The predicted octanol–water partition coefficient (Wildman–Crippen LogP) is 5.69. The van der Waals surface area contributed by atoms with Crippen LogP contribution in [0, 0.1) is 6.92 Å². The maximum atomic E-state index is 5.95. The first-order valence-electron chi connectivity index (χ1n) is 7.24. The van der Waals surface area contributed by atoms with Gasteiger partial charge in [0.05, 0.1) is 6.61 Å². The van der Waals surface area contributed by atoms with Crippen LogP contribution in [-0.4, -0.2) is 12.4 Å². The van der Waals surface area contributed by atoms with Gasteiger partial charge in [0, 0.05) is 5.02 Å². The first-order valence-corrected chi connectivity index (χ1v) is 8.25. The van der Waals surface area contributed by atoms with Crippen LogP contribution in [0.3, 0.4) is 0 Å². The Morgan fingerprint density at radius 1 is 1.00 bits per heavy atom. The predicted molar refractivity (Wildman–Crippen MR) is 87.9 cm³/mol. The first-order chi connectivity index (χ1) is 9.24. The first kappa shape index (κ1) is 16.7. The van der Waals surface area contributed by atoms with Crippen LogP contribution in [0.2, 0.25) is 5.02 Å². The molecule has 0 aliphatic carbocycles. The third-order valence-electron chi connectivity index (χ3n) is 3.21. The van der Waals surface area contributed by atoms with E-state index in [2.05, 4.69) is 12.6 Å². The molecule has 0 atom stereocenters. The number of ether oxygens (including phenoxy) is 1. The van der Waals surface area contributed by atoms with Crippen molar-refractivity contribution in [2.45, 2.75) is 51.9 Å². The second kappa shape index (κ2) is 10.4. The highest BCUT2D eigenvalue weighted by molar-refractivity contribution is 7.80. The Morgan fingerprint density at radius 2 is 1.63 bits per heavy atom. The molecule has 19 heavy (non-hydrogen) atoms. The molecule has 0 unspecified atom stereocenters. The topological polar surface area (TPSA) is 9.23 Å². The molecule has 0 bridgehead atoms. The lowest BCUT2D eigenvalue weighted by atomic mass is 10.1. The molecule has 0 spiro atoms. The van der Waals surface area contributed by atoms with Gasteiger partial charge in [-0.05, 0) is 43.2 Å². The van der Waals surface area contributed by atoms with Gasteiger partial charge in [-0.1, -0.05) is 49.8 Å². The van der Waals surface area contributed by atoms with Crippen molar-refractivity contribution < 1.29 is 4.74 Å². The van der Waals surface area contributed by atoms with Gasteiger partial charge in [0.2, 0.25) is 0 Å². The number of rotatable bonds is 10. The largest absolute Gasteiger partial charge is 0.493 e. The van der Waals surface area contributed by atoms with Crippen LogP contribution < -0.4 is 4.74 Å². The number of hydrogen-bond acceptors (Lipinski definition) is 2. The minimum absolute atomic E-state index is 0.741. The summed E-state index contributed by atoms with van der Waals surface area (Å²) in [5.74, 6) is 1.94. The summed E-state index contributed by atoms with van der Waals surface area (Å²) in [6.07, 6.45) is 8.93. The van der Waals surface area contributed by atoms with Gasteiger partial charge in [-0.15, -0.1) is 0 Å². The molecule has 0 aliphatic rings. The molecule has 1 aromatic rings. The Kier molecular flexibility index (Phi) is 9.19. The van der Waals surface area contributed by atoms with E-state index in [1.807, 2.05) is 25.1 Å². The maximum Gasteiger partial charge on any atom is 0.123 e. The van der Waals surface area contributed by atoms with Gasteiger partial charge in [-0.25, -0.2) is 0 Å². The third-order valence-corrected chi connectivity index (χ3v) is 3.76. The van der Waals surface area contributed by atoms with Crippen LogP contribution in [-0.2, 0) is 0 Å². The van der Waals surface area contributed by atoms with Crippen molar-refractivity contribution in [1.82, 2.24) is 0 Å². The SMILES string of the molecule is Cc1ccc(Cl)cc1OCCCCCCCCCS. The summed E-state index contributed by atoms with van der Waals surface area (Å²) >= 11 is 10.2. The fourth-order valence-corrected chi connectivity index (χ4v) is 2.40. The van der Waals surface area contributed by atoms with E-state index >= 15 is 0 Å². The van der Waals surface area contributed by atoms with Gasteiger partial charge in [-0.3, -0.25) is 0 Å². The van der Waals surface area contributed by atoms with E-state index < -0.39 is 0 Å². The quantitative estimate of drug-likeness (QED) is 0.431. The molecule has 0 aliphatic heterocycles. The van der Waals surface area contributed by atoms with E-state index in [9.17, 15) is 0 Å². The molecule has 0 aromatic heterocycles. The number of thiol groups is 1. The lowest BCUT2D eigenvalue weighted by Crippen LogP contribution is -1.98. The summed E-state index contributed by atoms with van der Waals surface area (Å²) < 4.78 is 5.77. The fourth-order valence-electron chi connectivity index (χ4n) is 2.01. The second-order valence-electron chi connectivity index (χ2n) is 4.96. The van der Waals surface area contributed by atoms with E-state index in [4.69, 9.17) is 16.3 Å². The van der Waals surface area contributed by atoms with Crippen molar-refractivity contribution in [3.05, 3.63) is 28.8 Å². The Labute approximate surface area is 128 Å². The van der Waals surface area contributed by atoms with Gasteiger partial charge in [0.1, 0.15) is 5.75 Å². The summed E-state index contributed by atoms with van der Waals surface area (Å²) in [4.78, 5) is 0. The lowest BCUT2D eigenvalue weighted by Gasteiger charge is -2.09. The van der Waals surface area contributed by atoms with E-state index in [-0.39, 0.29) is 0 Å². The molecule has 0 fully saturated rings. The van der Waals surface area contributed by atoms with Gasteiger partial charge >= 0.3 is 0 Å². The number of halogens is 1. The van der Waals surface area contributed by atoms with Crippen molar-refractivity contribution >= 4 is 24.2 Å². The molecule has 0 amide bonds. The van der Waals surface area contributed by atoms with Crippen LogP contribution in [0.25, 0.3) is 0 Å². The Bertz CT molecular complexity index is 355. The highest BCUT2D eigenvalue weighted by Crippen LogP contribution is 2.22. The number of hydrogen-bond donors (Lipinski definition) is 1. The second-order valence-corrected chi connectivity index (χ2v) is 5.84. The van der Waals surface area contributed by atoms with Crippen molar-refractivity contribution in [1.29, 1.82) is 0 Å². The van der Waals surface area contributed by atoms with Crippen LogP contribution >= 0.6 is 24.2 Å². The molecular formula is C16H25ClOS. The highest BCUT2D eigenvalue weighted by atomic mass is 35.5. The van der Waals surface area contributed by atoms with Crippen molar-refractivity contribution in [2.75, 3.05) is 12.4 Å². The molecule has 1 nitrogen and oxygen atoms in total. The number of benzene rings is 1. The summed E-state index contributed by atoms with van der Waals surface area (Å²) in [7, 11) is 0. The number of unbranched alkanes of at least 4 members (excludes halogenated alkanes) is 6. The molecule has 0 N–H and O–H groups in total. The zero-order valence-corrected chi connectivity index (χ0v) is 13.5. The molecule has 0 radical (unpaired) electrons. The third kappa shape index (κ3) is 7.74. The minimum Gasteiger partial charge on any atom is -0.493 e. The van der Waals surface area contributed by atoms with Crippen LogP contribution in [0.4, 0.5) is 0 Å². The van der Waals surface area contributed by atoms with Gasteiger partial charge in [-0.2, -0.15) is 12.6 Å². The molecule has 108 valence electrons. The van der Waals surface area contributed by atoms with E-state index in [0.29, 0.717) is 0 Å². The summed E-state index contributed by atoms with van der Waals surface area (Å²) in [5, 5.41) is 0.741. The molecular weight excluding hydrogens is 276 g/mol. The van der Waals surface area contributed by atoms with E-state index in [1.54, 1.807) is 0 Å². The maximum absolute atomic E-state index is 5.95. The molecule has 3 heteroatoms. The summed E-state index contributed by atoms with van der Waals surface area (Å²) in [6.45, 7) is 2.84. The van der Waals surface area contributed by atoms with E-state index in [1.165, 1.54) is 38.5 Å². The Balaban J connectivity index is 2.03. The van der Waals surface area contributed by atoms with E-state index in [0.717, 1.165) is 35.1 Å². The smallest absolute Gasteiger partial charge is 0.123 e. The molecule has 0 heterocycles. The van der Waals surface area contributed by atoms with Crippen LogP contribution in [0.1, 0.15) is 50.5 Å². The average Bonchev–Trinajstić information content (AvgIpc) is 2.40. The molecule has 0 saturated heterocycles. The van der Waals surface area contributed by atoms with Crippen LogP contribution in [0.5, 0.6) is 5.75 Å². The van der Waals surface area contributed by atoms with Crippen LogP contribution in [0.15, 0.2) is 18.2 Å². The summed E-state index contributed by atoms with van der Waals surface area (Å²) in [6, 6.07) is 5.79. The molecule has 1 rings (SSSR count). The van der Waals surface area contributed by atoms with Gasteiger partial charge in [0.25, 0.3) is 0 Å². The highest BCUT2D eigenvalue weighted by Gasteiger charge is 2.00. The zero-order chi connectivity index (χ0) is 13.9. The fraction of sp³-hybridized carbons (Fsp3) is 0.625. The van der Waals surface area contributed by atoms with Crippen molar-refractivity contribution in [3.63, 3.8) is 0 Å². The lowest BCUT2D eigenvalue weighted by molar-refractivity contribution is 0.302. The van der Waals surface area contributed by atoms with Crippen molar-refractivity contribution in [2.24, 2.45) is 0 Å². The van der Waals surface area contributed by atoms with Gasteiger partial charge in [0.15, 0.2) is 0 Å². The van der Waals surface area contributed by atoms with Gasteiger partial charge < -0.3 is 4.74 Å². The standard InChI is InChI=1S/C16H25ClOS/c1-14-9-10-15(17)13-16(14)18-11-7-5-3-2-4-6-8-12-19/h9-10,13,19H,2-8,11-12H2,1H3.